The Morgan fingerprint density at radius 1 is 1.19 bits per heavy atom. The molecule has 0 unspecified atom stereocenters. The van der Waals surface area contributed by atoms with Crippen LogP contribution in [0.15, 0.2) is 42.6 Å². The van der Waals surface area contributed by atoms with Crippen molar-refractivity contribution in [3.63, 3.8) is 0 Å². The van der Waals surface area contributed by atoms with Crippen LogP contribution in [0.2, 0.25) is 5.02 Å². The zero-order valence-electron chi connectivity index (χ0n) is 19.2. The normalized spacial score (nSPS) is 14.9. The number of rotatable bonds is 8. The summed E-state index contributed by atoms with van der Waals surface area (Å²) >= 11 is 6.31. The van der Waals surface area contributed by atoms with Crippen LogP contribution in [0, 0.1) is 5.82 Å². The van der Waals surface area contributed by atoms with E-state index in [-0.39, 0.29) is 24.2 Å². The minimum Gasteiger partial charge on any atom is -0.355 e. The molecule has 192 valence electrons. The average molecular weight is 526 g/mol. The zero-order chi connectivity index (χ0) is 25.9. The lowest BCUT2D eigenvalue weighted by Crippen LogP contribution is -2.38. The Morgan fingerprint density at radius 2 is 1.94 bits per heavy atom. The number of amides is 2. The molecular weight excluding hydrogens is 502 g/mol. The second-order valence-electron chi connectivity index (χ2n) is 8.59. The summed E-state index contributed by atoms with van der Waals surface area (Å²) in [7, 11) is 0. The molecule has 0 bridgehead atoms. The monoisotopic (exact) mass is 525 g/mol. The highest BCUT2D eigenvalue weighted by Gasteiger charge is 2.30. The van der Waals surface area contributed by atoms with Gasteiger partial charge in [0.15, 0.2) is 0 Å². The number of halogens is 5. The van der Waals surface area contributed by atoms with Gasteiger partial charge in [0.25, 0.3) is 5.91 Å². The first-order valence-electron chi connectivity index (χ1n) is 11.4. The first kappa shape index (κ1) is 26.0. The lowest BCUT2D eigenvalue weighted by atomic mass is 9.88. The summed E-state index contributed by atoms with van der Waals surface area (Å²) in [5, 5.41) is 3.42. The number of likely N-dealkylation sites (tertiary alicyclic amines) is 1. The van der Waals surface area contributed by atoms with Crippen molar-refractivity contribution < 1.29 is 31.9 Å². The van der Waals surface area contributed by atoms with Gasteiger partial charge in [0.1, 0.15) is 5.82 Å². The van der Waals surface area contributed by atoms with E-state index >= 15 is 0 Å². The number of ether oxygens (including phenoxy) is 1. The van der Waals surface area contributed by atoms with E-state index in [2.05, 4.69) is 10.1 Å². The lowest BCUT2D eigenvalue weighted by Gasteiger charge is -2.32. The highest BCUT2D eigenvalue weighted by Crippen LogP contribution is 2.33. The Balaban J connectivity index is 1.49. The maximum atomic E-state index is 14.5. The van der Waals surface area contributed by atoms with Gasteiger partial charge in [-0.1, -0.05) is 35.9 Å². The predicted octanol–water partition coefficient (Wildman–Crippen LogP) is 5.24. The minimum atomic E-state index is -4.75. The van der Waals surface area contributed by atoms with Crippen LogP contribution in [0.5, 0.6) is 0 Å². The molecule has 0 aliphatic carbocycles. The van der Waals surface area contributed by atoms with E-state index in [1.807, 2.05) is 0 Å². The summed E-state index contributed by atoms with van der Waals surface area (Å²) in [5.41, 5.74) is 2.15. The topological polar surface area (TPSA) is 63.6 Å². The number of carbonyl (C=O) groups excluding carboxylic acids is 2. The van der Waals surface area contributed by atoms with Gasteiger partial charge in [-0.05, 0) is 42.0 Å². The highest BCUT2D eigenvalue weighted by molar-refractivity contribution is 6.35. The van der Waals surface area contributed by atoms with Gasteiger partial charge in [-0.15, -0.1) is 13.2 Å². The molecule has 1 aliphatic rings. The van der Waals surface area contributed by atoms with Gasteiger partial charge in [-0.2, -0.15) is 0 Å². The predicted molar refractivity (Wildman–Crippen MR) is 126 cm³/mol. The highest BCUT2D eigenvalue weighted by atomic mass is 35.5. The van der Waals surface area contributed by atoms with Crippen molar-refractivity contribution in [3.05, 3.63) is 70.1 Å². The Labute approximate surface area is 209 Å². The third-order valence-electron chi connectivity index (χ3n) is 6.35. The Hall–Kier alpha value is -3.11. The number of hydrogen-bond acceptors (Lipinski definition) is 3. The molecule has 0 atom stereocenters. The molecule has 4 rings (SSSR count). The van der Waals surface area contributed by atoms with Crippen molar-refractivity contribution in [2.75, 3.05) is 19.7 Å². The van der Waals surface area contributed by atoms with Crippen LogP contribution in [0.1, 0.15) is 40.2 Å². The molecule has 2 aromatic carbocycles. The smallest absolute Gasteiger partial charge is 0.355 e. The Kier molecular flexibility index (Phi) is 7.85. The standard InChI is InChI=1S/C25H24ClF4N3O3/c26-21-3-1-2-18-20(14-33(23(18)21)10-11-36-25(28,29)30)24(35)32-8-6-17(7-9-32)19-12-16(13-31-15-34)4-5-22(19)27/h1-5,12,14-15,17H,6-11,13H2,(H,31,34). The molecule has 2 heterocycles. The molecule has 6 nitrogen and oxygen atoms in total. The van der Waals surface area contributed by atoms with Crippen molar-refractivity contribution >= 4 is 34.8 Å². The molecule has 0 saturated carbocycles. The second-order valence-corrected chi connectivity index (χ2v) is 8.99. The second kappa shape index (κ2) is 10.9. The summed E-state index contributed by atoms with van der Waals surface area (Å²) < 4.78 is 57.2. The van der Waals surface area contributed by atoms with Crippen molar-refractivity contribution in [1.29, 1.82) is 0 Å². The van der Waals surface area contributed by atoms with Gasteiger partial charge in [-0.25, -0.2) is 4.39 Å². The molecule has 1 N–H and O–H groups in total. The molecular formula is C25H24ClF4N3O3. The summed E-state index contributed by atoms with van der Waals surface area (Å²) in [6.07, 6.45) is -1.56. The molecule has 1 aliphatic heterocycles. The molecule has 0 radical (unpaired) electrons. The number of nitrogens with zero attached hydrogens (tertiary/aromatic N) is 2. The van der Waals surface area contributed by atoms with Gasteiger partial charge < -0.3 is 14.8 Å². The maximum Gasteiger partial charge on any atom is 0.522 e. The fraction of sp³-hybridized carbons (Fsp3) is 0.360. The van der Waals surface area contributed by atoms with Gasteiger partial charge in [-0.3, -0.25) is 14.3 Å². The molecule has 0 spiro atoms. The number of alkyl halides is 3. The molecule has 1 fully saturated rings. The zero-order valence-corrected chi connectivity index (χ0v) is 19.9. The van der Waals surface area contributed by atoms with E-state index in [0.29, 0.717) is 65.9 Å². The third kappa shape index (κ3) is 5.82. The SMILES string of the molecule is O=CNCc1ccc(F)c(C2CCN(C(=O)c3cn(CCOC(F)(F)F)c4c(Cl)cccc34)CC2)c1. The molecule has 1 saturated heterocycles. The fourth-order valence-corrected chi connectivity index (χ4v) is 4.94. The van der Waals surface area contributed by atoms with Crippen LogP contribution in [0.3, 0.4) is 0 Å². The fourth-order valence-electron chi connectivity index (χ4n) is 4.66. The largest absolute Gasteiger partial charge is 0.522 e. The number of nitrogens with one attached hydrogen (secondary N) is 1. The summed E-state index contributed by atoms with van der Waals surface area (Å²) in [6, 6.07) is 9.74. The molecule has 11 heteroatoms. The summed E-state index contributed by atoms with van der Waals surface area (Å²) in [5.74, 6) is -0.672. The summed E-state index contributed by atoms with van der Waals surface area (Å²) in [4.78, 5) is 25.6. The van der Waals surface area contributed by atoms with Crippen molar-refractivity contribution in [3.8, 4) is 0 Å². The minimum absolute atomic E-state index is 0.0828. The van der Waals surface area contributed by atoms with Crippen LogP contribution in [0.25, 0.3) is 10.9 Å². The van der Waals surface area contributed by atoms with Gasteiger partial charge >= 0.3 is 6.36 Å². The quantitative estimate of drug-likeness (QED) is 0.323. The first-order valence-corrected chi connectivity index (χ1v) is 11.8. The van der Waals surface area contributed by atoms with Crippen LogP contribution < -0.4 is 5.32 Å². The van der Waals surface area contributed by atoms with Crippen LogP contribution in [-0.2, 0) is 22.6 Å². The van der Waals surface area contributed by atoms with E-state index in [4.69, 9.17) is 11.6 Å². The number of piperidine rings is 1. The molecule has 2 amide bonds. The van der Waals surface area contributed by atoms with Crippen LogP contribution >= 0.6 is 11.6 Å². The van der Waals surface area contributed by atoms with Gasteiger partial charge in [0.05, 0.1) is 22.7 Å². The third-order valence-corrected chi connectivity index (χ3v) is 6.65. The molecule has 3 aromatic rings. The number of benzene rings is 2. The van der Waals surface area contributed by atoms with Crippen LogP contribution in [-0.4, -0.2) is 47.8 Å². The van der Waals surface area contributed by atoms with Crippen molar-refractivity contribution in [2.24, 2.45) is 0 Å². The Morgan fingerprint density at radius 3 is 2.64 bits per heavy atom. The van der Waals surface area contributed by atoms with E-state index in [1.165, 1.54) is 16.8 Å². The van der Waals surface area contributed by atoms with Gasteiger partial charge in [0.2, 0.25) is 6.41 Å². The Bertz CT molecular complexity index is 1250. The maximum absolute atomic E-state index is 14.5. The van der Waals surface area contributed by atoms with E-state index in [0.717, 1.165) is 5.56 Å². The number of hydrogen-bond donors (Lipinski definition) is 1. The van der Waals surface area contributed by atoms with Crippen molar-refractivity contribution in [1.82, 2.24) is 14.8 Å². The first-order chi connectivity index (χ1) is 17.2. The number of aromatic nitrogens is 1. The average Bonchev–Trinajstić information content (AvgIpc) is 3.22. The number of carbonyl (C=O) groups is 2. The van der Waals surface area contributed by atoms with Gasteiger partial charge in [0, 0.05) is 37.8 Å². The lowest BCUT2D eigenvalue weighted by molar-refractivity contribution is -0.325. The van der Waals surface area contributed by atoms with Crippen molar-refractivity contribution in [2.45, 2.75) is 38.2 Å². The van der Waals surface area contributed by atoms with E-state index in [9.17, 15) is 27.2 Å². The van der Waals surface area contributed by atoms with E-state index in [1.54, 1.807) is 35.2 Å². The van der Waals surface area contributed by atoms with E-state index < -0.39 is 13.0 Å². The van der Waals surface area contributed by atoms with Crippen LogP contribution in [0.4, 0.5) is 17.6 Å². The number of fused-ring (bicyclic) bond motifs is 1. The summed E-state index contributed by atoms with van der Waals surface area (Å²) in [6.45, 7) is 0.331. The molecule has 36 heavy (non-hydrogen) atoms. The molecule has 1 aromatic heterocycles. The number of para-hydroxylation sites is 1.